The van der Waals surface area contributed by atoms with Crippen molar-refractivity contribution in [1.82, 2.24) is 4.90 Å². The van der Waals surface area contributed by atoms with Crippen LogP contribution in [-0.4, -0.2) is 35.5 Å². The van der Waals surface area contributed by atoms with E-state index >= 15 is 0 Å². The molecule has 4 nitrogen and oxygen atoms in total. The SMILES string of the molecule is CC1CN(C(=O)OC(C)(C)C)CCC12C=CC(=O)C2C. The maximum Gasteiger partial charge on any atom is 0.410 e. The number of allylic oxidation sites excluding steroid dienone is 2. The van der Waals surface area contributed by atoms with E-state index in [0.29, 0.717) is 13.1 Å². The minimum absolute atomic E-state index is 0.0262. The molecule has 0 aromatic carbocycles. The molecular weight excluding hydrogens is 254 g/mol. The Balaban J connectivity index is 2.05. The molecular formula is C16H25NO3. The lowest BCUT2D eigenvalue weighted by Gasteiger charge is -2.45. The fourth-order valence-corrected chi connectivity index (χ4v) is 3.34. The van der Waals surface area contributed by atoms with E-state index in [4.69, 9.17) is 4.74 Å². The molecule has 0 aromatic heterocycles. The van der Waals surface area contributed by atoms with Crippen LogP contribution in [0.4, 0.5) is 4.79 Å². The Morgan fingerprint density at radius 3 is 2.50 bits per heavy atom. The number of rotatable bonds is 0. The third-order valence-electron chi connectivity index (χ3n) is 4.67. The van der Waals surface area contributed by atoms with Crippen LogP contribution in [0.5, 0.6) is 0 Å². The molecule has 1 aliphatic heterocycles. The summed E-state index contributed by atoms with van der Waals surface area (Å²) in [6, 6.07) is 0. The molecule has 0 N–H and O–H groups in total. The second-order valence-corrected chi connectivity index (χ2v) is 7.15. The molecule has 1 amide bonds. The fourth-order valence-electron chi connectivity index (χ4n) is 3.34. The summed E-state index contributed by atoms with van der Waals surface area (Å²) in [5, 5.41) is 0. The molecule has 1 heterocycles. The van der Waals surface area contributed by atoms with Crippen LogP contribution in [0.25, 0.3) is 0 Å². The van der Waals surface area contributed by atoms with Crippen molar-refractivity contribution >= 4 is 11.9 Å². The van der Waals surface area contributed by atoms with Crippen molar-refractivity contribution in [2.75, 3.05) is 13.1 Å². The largest absolute Gasteiger partial charge is 0.444 e. The Labute approximate surface area is 121 Å². The summed E-state index contributed by atoms with van der Waals surface area (Å²) in [5.41, 5.74) is -0.540. The summed E-state index contributed by atoms with van der Waals surface area (Å²) in [7, 11) is 0. The number of hydrogen-bond acceptors (Lipinski definition) is 3. The Kier molecular flexibility index (Phi) is 3.69. The van der Waals surface area contributed by atoms with Crippen molar-refractivity contribution in [1.29, 1.82) is 0 Å². The monoisotopic (exact) mass is 279 g/mol. The number of ketones is 1. The first kappa shape index (κ1) is 15.1. The number of piperidine rings is 1. The van der Waals surface area contributed by atoms with Crippen LogP contribution in [0.15, 0.2) is 12.2 Å². The van der Waals surface area contributed by atoms with Gasteiger partial charge in [-0.1, -0.05) is 19.9 Å². The van der Waals surface area contributed by atoms with Crippen LogP contribution < -0.4 is 0 Å². The molecule has 0 aromatic rings. The topological polar surface area (TPSA) is 46.6 Å². The maximum atomic E-state index is 12.1. The minimum atomic E-state index is -0.466. The number of amides is 1. The predicted octanol–water partition coefficient (Wildman–Crippen LogP) is 3.02. The third kappa shape index (κ3) is 2.60. The first-order valence-electron chi connectivity index (χ1n) is 7.37. The molecule has 1 spiro atoms. The van der Waals surface area contributed by atoms with Gasteiger partial charge < -0.3 is 9.64 Å². The van der Waals surface area contributed by atoms with E-state index in [0.717, 1.165) is 6.42 Å². The van der Waals surface area contributed by atoms with Gasteiger partial charge in [0.05, 0.1) is 0 Å². The van der Waals surface area contributed by atoms with E-state index in [1.54, 1.807) is 11.0 Å². The van der Waals surface area contributed by atoms with E-state index < -0.39 is 5.60 Å². The van der Waals surface area contributed by atoms with E-state index in [2.05, 4.69) is 13.0 Å². The average molecular weight is 279 g/mol. The molecule has 112 valence electrons. The molecule has 2 aliphatic rings. The van der Waals surface area contributed by atoms with Gasteiger partial charge in [0.15, 0.2) is 5.78 Å². The molecule has 20 heavy (non-hydrogen) atoms. The highest BCUT2D eigenvalue weighted by atomic mass is 16.6. The molecule has 1 fully saturated rings. The molecule has 4 heteroatoms. The van der Waals surface area contributed by atoms with E-state index in [1.807, 2.05) is 27.7 Å². The second kappa shape index (κ2) is 4.90. The number of nitrogens with zero attached hydrogens (tertiary/aromatic N) is 1. The number of likely N-dealkylation sites (tertiary alicyclic amines) is 1. The predicted molar refractivity (Wildman–Crippen MR) is 77.3 cm³/mol. The summed E-state index contributed by atoms with van der Waals surface area (Å²) in [6.45, 7) is 11.1. The number of carbonyl (C=O) groups excluding carboxylic acids is 2. The van der Waals surface area contributed by atoms with Crippen molar-refractivity contribution < 1.29 is 14.3 Å². The Morgan fingerprint density at radius 2 is 2.05 bits per heavy atom. The van der Waals surface area contributed by atoms with E-state index in [-0.39, 0.29) is 29.1 Å². The van der Waals surface area contributed by atoms with Gasteiger partial charge in [-0.3, -0.25) is 4.79 Å². The van der Waals surface area contributed by atoms with Crippen LogP contribution >= 0.6 is 0 Å². The molecule has 0 radical (unpaired) electrons. The lowest BCUT2D eigenvalue weighted by atomic mass is 9.65. The van der Waals surface area contributed by atoms with Gasteiger partial charge in [0.2, 0.25) is 0 Å². The fraction of sp³-hybridized carbons (Fsp3) is 0.750. The zero-order valence-corrected chi connectivity index (χ0v) is 13.1. The van der Waals surface area contributed by atoms with Gasteiger partial charge in [0, 0.05) is 24.4 Å². The molecule has 0 bridgehead atoms. The van der Waals surface area contributed by atoms with Crippen LogP contribution in [0.2, 0.25) is 0 Å². The Hall–Kier alpha value is -1.32. The first-order valence-corrected chi connectivity index (χ1v) is 7.37. The van der Waals surface area contributed by atoms with Crippen LogP contribution in [-0.2, 0) is 9.53 Å². The summed E-state index contributed by atoms with van der Waals surface area (Å²) in [6.07, 6.45) is 4.36. The number of hydrogen-bond donors (Lipinski definition) is 0. The quantitative estimate of drug-likeness (QED) is 0.684. The molecule has 1 saturated heterocycles. The summed E-state index contributed by atoms with van der Waals surface area (Å²) < 4.78 is 5.43. The summed E-state index contributed by atoms with van der Waals surface area (Å²) >= 11 is 0. The zero-order chi connectivity index (χ0) is 15.1. The van der Waals surface area contributed by atoms with Crippen molar-refractivity contribution in [2.24, 2.45) is 17.3 Å². The van der Waals surface area contributed by atoms with Crippen LogP contribution in [0.1, 0.15) is 41.0 Å². The van der Waals surface area contributed by atoms with Crippen molar-refractivity contribution in [3.05, 3.63) is 12.2 Å². The van der Waals surface area contributed by atoms with Gasteiger partial charge in [0.25, 0.3) is 0 Å². The van der Waals surface area contributed by atoms with Crippen LogP contribution in [0.3, 0.4) is 0 Å². The standard InChI is InChI=1S/C16H25NO3/c1-11-10-17(14(19)20-15(3,4)5)9-8-16(11)7-6-13(18)12(16)2/h6-7,11-12H,8-10H2,1-5H3. The minimum Gasteiger partial charge on any atom is -0.444 e. The molecule has 3 atom stereocenters. The van der Waals surface area contributed by atoms with Gasteiger partial charge in [-0.05, 0) is 39.2 Å². The maximum absolute atomic E-state index is 12.1. The molecule has 2 rings (SSSR count). The van der Waals surface area contributed by atoms with Gasteiger partial charge >= 0.3 is 6.09 Å². The number of carbonyl (C=O) groups is 2. The van der Waals surface area contributed by atoms with Gasteiger partial charge in [-0.2, -0.15) is 0 Å². The Bertz CT molecular complexity index is 449. The summed E-state index contributed by atoms with van der Waals surface area (Å²) in [5.74, 6) is 0.502. The van der Waals surface area contributed by atoms with Gasteiger partial charge in [-0.15, -0.1) is 0 Å². The highest BCUT2D eigenvalue weighted by Gasteiger charge is 2.48. The van der Waals surface area contributed by atoms with E-state index in [1.165, 1.54) is 0 Å². The van der Waals surface area contributed by atoms with Gasteiger partial charge in [-0.25, -0.2) is 4.79 Å². The van der Waals surface area contributed by atoms with E-state index in [9.17, 15) is 9.59 Å². The normalized spacial score (nSPS) is 33.9. The molecule has 0 saturated carbocycles. The zero-order valence-electron chi connectivity index (χ0n) is 13.1. The second-order valence-electron chi connectivity index (χ2n) is 7.15. The third-order valence-corrected chi connectivity index (χ3v) is 4.67. The van der Waals surface area contributed by atoms with Crippen LogP contribution in [0, 0.1) is 17.3 Å². The lowest BCUT2D eigenvalue weighted by Crippen LogP contribution is -2.51. The summed E-state index contributed by atoms with van der Waals surface area (Å²) in [4.78, 5) is 25.7. The van der Waals surface area contributed by atoms with Crippen molar-refractivity contribution in [2.45, 2.75) is 46.6 Å². The van der Waals surface area contributed by atoms with Crippen molar-refractivity contribution in [3.63, 3.8) is 0 Å². The lowest BCUT2D eigenvalue weighted by molar-refractivity contribution is -0.121. The average Bonchev–Trinajstić information content (AvgIpc) is 2.60. The first-order chi connectivity index (χ1) is 9.16. The highest BCUT2D eigenvalue weighted by Crippen LogP contribution is 2.48. The van der Waals surface area contributed by atoms with Gasteiger partial charge in [0.1, 0.15) is 5.60 Å². The smallest absolute Gasteiger partial charge is 0.410 e. The number of ether oxygens (including phenoxy) is 1. The molecule has 3 unspecified atom stereocenters. The Morgan fingerprint density at radius 1 is 1.40 bits per heavy atom. The highest BCUT2D eigenvalue weighted by molar-refractivity contribution is 5.95. The molecule has 1 aliphatic carbocycles. The van der Waals surface area contributed by atoms with Crippen molar-refractivity contribution in [3.8, 4) is 0 Å².